The van der Waals surface area contributed by atoms with E-state index in [1.165, 1.54) is 149 Å². The zero-order chi connectivity index (χ0) is 102. The van der Waals surface area contributed by atoms with E-state index in [-0.39, 0.29) is 84.7 Å². The Balaban J connectivity index is 0.000000150. The quantitative estimate of drug-likeness (QED) is 0.0227. The van der Waals surface area contributed by atoms with E-state index in [1.54, 1.807) is 58.2 Å². The molecule has 11 aromatic heterocycles. The third-order valence-corrected chi connectivity index (χ3v) is 33.2. The normalized spacial score (nSPS) is 12.0. The zero-order valence-corrected chi connectivity index (χ0v) is 86.1. The number of hydrogen-bond acceptors (Lipinski definition) is 32. The summed E-state index contributed by atoms with van der Waals surface area (Å²) in [5.74, 6) is 2.16. The average molecular weight is 2230 g/mol. The summed E-state index contributed by atoms with van der Waals surface area (Å²) in [4.78, 5) is 134. The number of urea groups is 4. The van der Waals surface area contributed by atoms with Gasteiger partial charge in [0.05, 0.1) is 108 Å². The van der Waals surface area contributed by atoms with E-state index in [4.69, 9.17) is 46.4 Å². The third kappa shape index (κ3) is 25.9. The molecule has 11 heterocycles. The Morgan fingerprint density at radius 2 is 0.782 bits per heavy atom. The van der Waals surface area contributed by atoms with E-state index in [9.17, 15) is 76.4 Å². The summed E-state index contributed by atoms with van der Waals surface area (Å²) in [5, 5.41) is 24.0. The lowest BCUT2D eigenvalue weighted by atomic mass is 10.2. The molecule has 1 fully saturated rings. The van der Waals surface area contributed by atoms with Crippen molar-refractivity contribution in [2.24, 2.45) is 5.92 Å². The van der Waals surface area contributed by atoms with E-state index in [0.29, 0.717) is 77.6 Å². The molecule has 738 valence electrons. The van der Waals surface area contributed by atoms with Crippen molar-refractivity contribution >= 4 is 261 Å². The number of fused-ring (bicyclic) bond motifs is 4. The van der Waals surface area contributed by atoms with Gasteiger partial charge < -0.3 is 47.4 Å². The van der Waals surface area contributed by atoms with E-state index < -0.39 is 75.6 Å². The van der Waals surface area contributed by atoms with Gasteiger partial charge in [-0.05, 0) is 246 Å². The Morgan fingerprint density at radius 1 is 0.430 bits per heavy atom. The largest absolute Gasteiger partial charge is 0.387 e. The molecule has 54 heteroatoms. The number of carbonyl (C=O) groups excluding carboxylic acids is 4. The molecule has 16 aromatic rings. The Morgan fingerprint density at radius 3 is 1.11 bits per heavy atom. The predicted octanol–water partition coefficient (Wildman–Crippen LogP) is 16.1. The molecule has 8 amide bonds. The van der Waals surface area contributed by atoms with Crippen molar-refractivity contribution in [3.05, 3.63) is 281 Å². The van der Waals surface area contributed by atoms with Crippen molar-refractivity contribution in [1.29, 1.82) is 0 Å². The second-order valence-electron chi connectivity index (χ2n) is 30.9. The summed E-state index contributed by atoms with van der Waals surface area (Å²) in [7, 11) is -10.6. The molecule has 0 saturated heterocycles. The first-order chi connectivity index (χ1) is 67.5. The van der Waals surface area contributed by atoms with E-state index in [2.05, 4.69) is 105 Å². The van der Waals surface area contributed by atoms with Gasteiger partial charge in [0.1, 0.15) is 63.9 Å². The van der Waals surface area contributed by atoms with Gasteiger partial charge in [0.2, 0.25) is 0 Å². The second kappa shape index (κ2) is 44.8. The maximum Gasteiger partial charge on any atom is 0.333 e. The highest BCUT2D eigenvalue weighted by molar-refractivity contribution is 9.10. The number of sulfonamides is 4. The first-order valence-corrected chi connectivity index (χ1v) is 53.4. The molecule has 0 radical (unpaired) electrons. The number of hydrogen-bond donors (Lipinski definition) is 12. The molecule has 0 aliphatic heterocycles. The Bertz CT molecular complexity index is 8350. The molecule has 0 bridgehead atoms. The smallest absolute Gasteiger partial charge is 0.333 e. The predicted molar refractivity (Wildman–Crippen MR) is 556 cm³/mol. The molecular formula is C88H80BrCl4FN24O16S8. The molecule has 1 aliphatic rings. The maximum absolute atomic E-state index is 14.9. The minimum absolute atomic E-state index is 0.0265. The van der Waals surface area contributed by atoms with Crippen LogP contribution in [0.1, 0.15) is 43.7 Å². The average Bonchev–Trinajstić information content (AvgIpc) is 1.05. The van der Waals surface area contributed by atoms with Crippen molar-refractivity contribution in [3.63, 3.8) is 0 Å². The summed E-state index contributed by atoms with van der Waals surface area (Å²) in [5.41, 5.74) is 4.84. The number of aryl methyl sites for hydroxylation is 3. The van der Waals surface area contributed by atoms with Gasteiger partial charge >= 0.3 is 24.1 Å². The molecule has 1 aliphatic carbocycles. The summed E-state index contributed by atoms with van der Waals surface area (Å²) < 4.78 is 127. The molecule has 17 rings (SSSR count). The molecule has 1 saturated carbocycles. The van der Waals surface area contributed by atoms with Gasteiger partial charge in [-0.15, -0.1) is 45.3 Å². The highest BCUT2D eigenvalue weighted by atomic mass is 79.9. The SMILES string of the molecule is CCCNc1ccc2c(=O)n(-c3ccc(NC(=O)NS(=O)(=O)c4ccc(Cl)s4)cn3)c(C)nc2c1.CNc1cc2ncn(-c3ccc(NC(=O)NS(=O)(=O)c4ccc(Cl)s4)cc3F)c(=O)c2cc1Br.Cc1nc2cc(NCC3CC3)ccc2c(=O)n1-c1ccc(NC(=O)NS(=O)(=O)c2ccc(Cl)s2)cn1.Cc1nc2cc(NCCN(C)C)ccc2c(=O)n1-c1ccc(NC(=O)NS(=O)(=O)c2ccc(Cl)s2)cn1. The van der Waals surface area contributed by atoms with Crippen LogP contribution in [0.5, 0.6) is 0 Å². The number of aromatic nitrogens is 11. The third-order valence-electron chi connectivity index (χ3n) is 20.3. The van der Waals surface area contributed by atoms with Gasteiger partial charge in [-0.1, -0.05) is 53.3 Å². The molecule has 12 N–H and O–H groups in total. The van der Waals surface area contributed by atoms with Gasteiger partial charge in [-0.2, -0.15) is 0 Å². The number of amides is 8. The Kier molecular flexibility index (Phi) is 32.9. The van der Waals surface area contributed by atoms with Crippen molar-refractivity contribution in [2.45, 2.75) is 63.8 Å². The molecule has 0 unspecified atom stereocenters. The summed E-state index contributed by atoms with van der Waals surface area (Å²) in [6.07, 6.45) is 8.63. The minimum atomic E-state index is -4.14. The number of carbonyl (C=O) groups is 4. The van der Waals surface area contributed by atoms with Crippen LogP contribution in [0.15, 0.2) is 235 Å². The van der Waals surface area contributed by atoms with Crippen LogP contribution in [-0.2, 0) is 40.1 Å². The van der Waals surface area contributed by atoms with Gasteiger partial charge in [-0.3, -0.25) is 23.7 Å². The van der Waals surface area contributed by atoms with Crippen LogP contribution in [0.3, 0.4) is 0 Å². The standard InChI is InChI=1S/C23H24ClN7O4S2.C23H21ClN6O4S2.C22H21ClN6O4S2.C20H14BrClFN5O4S2/c1-14-27-18-12-15(25-10-11-30(2)3)4-6-17(18)22(32)31(14)20-8-5-16(13-26-20)28-23(33)29-37(34,35)21-9-7-19(24)36-21;1-13-27-18-10-15(25-11-14-2-3-14)4-6-17(18)22(31)30(13)20-8-5-16(12-26-20)28-23(32)29-36(33,34)21-9-7-19(24)35-21;1-3-10-24-14-4-6-16-17(11-14)26-13(2)29(21(16)30)19-8-5-15(12-25-19)27-22(31)28-35(32,33)20-9-7-18(23)34-20;1-24-15-8-14-11(7-12(15)21)19(29)28(9-25-14)16-3-2-10(6-13(16)23)26-20(30)27-34(31,32)18-5-4-17(22)33-18/h4-9,12-13,25H,10-11H2,1-3H3,(H2,28,29,33);4-10,12,14,25H,2-3,11H2,1H3,(H2,28,29,32);4-9,11-12,24H,3,10H2,1-2H3,(H2,27,28,31);2-9,24H,1H3,(H2,26,27,30). The number of thiophene rings is 4. The lowest BCUT2D eigenvalue weighted by Crippen LogP contribution is -2.34. The number of likely N-dealkylation sites (N-methyl/N-ethyl adjacent to an activating group) is 1. The van der Waals surface area contributed by atoms with E-state index in [1.807, 2.05) is 69.4 Å². The minimum Gasteiger partial charge on any atom is -0.387 e. The molecule has 40 nitrogen and oxygen atoms in total. The molecule has 5 aromatic carbocycles. The molecule has 142 heavy (non-hydrogen) atoms. The number of pyridine rings is 3. The van der Waals surface area contributed by atoms with Crippen LogP contribution in [0.2, 0.25) is 17.3 Å². The maximum atomic E-state index is 14.9. The fourth-order valence-corrected chi connectivity index (χ4v) is 23.6. The van der Waals surface area contributed by atoms with Crippen LogP contribution in [0.25, 0.3) is 66.8 Å². The van der Waals surface area contributed by atoms with Crippen molar-refractivity contribution < 1.29 is 57.2 Å². The van der Waals surface area contributed by atoms with E-state index >= 15 is 0 Å². The van der Waals surface area contributed by atoms with Crippen molar-refractivity contribution in [3.8, 4) is 23.1 Å². The lowest BCUT2D eigenvalue weighted by Gasteiger charge is -2.13. The van der Waals surface area contributed by atoms with Crippen molar-refractivity contribution in [2.75, 3.05) is 89.9 Å². The van der Waals surface area contributed by atoms with Crippen LogP contribution in [-0.4, -0.2) is 163 Å². The fourth-order valence-electron chi connectivity index (χ4n) is 13.5. The van der Waals surface area contributed by atoms with Crippen LogP contribution in [0.4, 0.5) is 69.1 Å². The van der Waals surface area contributed by atoms with Gasteiger partial charge in [0.25, 0.3) is 62.3 Å². The number of rotatable bonds is 27. The zero-order valence-electron chi connectivity index (χ0n) is 74.9. The summed E-state index contributed by atoms with van der Waals surface area (Å²) in [6.45, 7) is 10.5. The fraction of sp³-hybridized carbons (Fsp3) is 0.170. The van der Waals surface area contributed by atoms with E-state index in [0.717, 1.165) is 117 Å². The lowest BCUT2D eigenvalue weighted by molar-refractivity contribution is 0.255. The number of nitrogens with one attached hydrogen (secondary N) is 12. The highest BCUT2D eigenvalue weighted by Gasteiger charge is 2.28. The number of halogens is 6. The highest BCUT2D eigenvalue weighted by Crippen LogP contribution is 2.34. The molecule has 0 atom stereocenters. The number of nitrogens with zero attached hydrogens (tertiary/aromatic N) is 12. The van der Waals surface area contributed by atoms with Crippen LogP contribution >= 0.6 is 108 Å². The van der Waals surface area contributed by atoms with Crippen molar-refractivity contribution in [1.82, 2.24) is 76.9 Å². The monoisotopic (exact) mass is 2220 g/mol. The van der Waals surface area contributed by atoms with Gasteiger partial charge in [-0.25, -0.2) is 125 Å². The van der Waals surface area contributed by atoms with Crippen LogP contribution < -0.4 is 83.7 Å². The van der Waals surface area contributed by atoms with Gasteiger partial charge in [0, 0.05) is 60.4 Å². The van der Waals surface area contributed by atoms with Gasteiger partial charge in [0.15, 0.2) is 0 Å². The summed E-state index contributed by atoms with van der Waals surface area (Å²) in [6, 6.07) is 39.1. The topological polar surface area (TPSA) is 531 Å². The van der Waals surface area contributed by atoms with Crippen LogP contribution in [0, 0.1) is 32.5 Å². The molecule has 0 spiro atoms. The first kappa shape index (κ1) is 104. The Hall–Kier alpha value is -13.5. The Labute approximate surface area is 851 Å². The molecular weight excluding hydrogens is 2150 g/mol. The number of anilines is 8. The summed E-state index contributed by atoms with van der Waals surface area (Å²) >= 11 is 29.7. The number of benzene rings is 5. The second-order valence-corrected chi connectivity index (χ2v) is 46.3. The first-order valence-electron chi connectivity index (χ1n) is 41.9.